The lowest BCUT2D eigenvalue weighted by molar-refractivity contribution is -0.132. The minimum Gasteiger partial charge on any atom is -0.507 e. The van der Waals surface area contributed by atoms with Gasteiger partial charge in [-0.05, 0) is 61.4 Å². The van der Waals surface area contributed by atoms with Crippen molar-refractivity contribution in [1.82, 2.24) is 4.98 Å². The number of fused-ring (bicyclic) bond motifs is 1. The molecule has 1 fully saturated rings. The van der Waals surface area contributed by atoms with Gasteiger partial charge >= 0.3 is 5.91 Å². The van der Waals surface area contributed by atoms with Gasteiger partial charge in [0, 0.05) is 5.56 Å². The highest BCUT2D eigenvalue weighted by Crippen LogP contribution is 2.46. The number of phenolic OH excluding ortho intramolecular Hbond substituents is 1. The number of aliphatic hydroxyl groups excluding tert-OH is 1. The fraction of sp³-hybridized carbons (Fsp3) is 0.233. The van der Waals surface area contributed by atoms with Crippen LogP contribution in [-0.2, 0) is 9.59 Å². The van der Waals surface area contributed by atoms with Gasteiger partial charge in [0.15, 0.2) is 16.6 Å². The summed E-state index contributed by atoms with van der Waals surface area (Å²) in [6, 6.07) is 15.6. The van der Waals surface area contributed by atoms with E-state index < -0.39 is 17.7 Å². The molecule has 40 heavy (non-hydrogen) atoms. The van der Waals surface area contributed by atoms with Crippen molar-refractivity contribution in [2.45, 2.75) is 26.3 Å². The minimum atomic E-state index is -1.04. The number of Topliss-reactive ketones (excluding diaryl/α,β-unsaturated/α-hetero) is 1. The Morgan fingerprint density at radius 2 is 1.85 bits per heavy atom. The highest BCUT2D eigenvalue weighted by atomic mass is 32.1. The van der Waals surface area contributed by atoms with E-state index in [0.29, 0.717) is 41.4 Å². The molecule has 0 spiro atoms. The van der Waals surface area contributed by atoms with E-state index in [2.05, 4.69) is 4.98 Å². The molecular formula is C30H28N2O7S. The van der Waals surface area contributed by atoms with Crippen LogP contribution in [0.1, 0.15) is 37.4 Å². The number of hydrogen-bond donors (Lipinski definition) is 2. The van der Waals surface area contributed by atoms with Crippen molar-refractivity contribution in [2.75, 3.05) is 25.2 Å². The molecule has 1 aliphatic rings. The van der Waals surface area contributed by atoms with Crippen molar-refractivity contribution >= 4 is 44.1 Å². The second kappa shape index (κ2) is 11.3. The molecule has 2 N–H and O–H groups in total. The van der Waals surface area contributed by atoms with Crippen molar-refractivity contribution in [1.29, 1.82) is 0 Å². The third kappa shape index (κ3) is 4.93. The number of benzene rings is 3. The molecule has 1 unspecified atom stereocenters. The van der Waals surface area contributed by atoms with Crippen LogP contribution in [0.5, 0.6) is 23.0 Å². The predicted molar refractivity (Wildman–Crippen MR) is 152 cm³/mol. The smallest absolute Gasteiger partial charge is 0.301 e. The van der Waals surface area contributed by atoms with Gasteiger partial charge < -0.3 is 24.4 Å². The average Bonchev–Trinajstić information content (AvgIpc) is 3.50. The Kier molecular flexibility index (Phi) is 7.61. The number of hydrogen-bond acceptors (Lipinski definition) is 9. The molecule has 206 valence electrons. The maximum atomic E-state index is 13.6. The van der Waals surface area contributed by atoms with Gasteiger partial charge in [0.2, 0.25) is 0 Å². The normalized spacial score (nSPS) is 16.5. The number of carbonyl (C=O) groups excluding carboxylic acids is 2. The number of amides is 1. The number of ketones is 1. The predicted octanol–water partition coefficient (Wildman–Crippen LogP) is 5.82. The molecule has 1 saturated heterocycles. The Balaban J connectivity index is 1.70. The van der Waals surface area contributed by atoms with Gasteiger partial charge in [0.05, 0.1) is 42.2 Å². The van der Waals surface area contributed by atoms with Gasteiger partial charge in [-0.15, -0.1) is 0 Å². The number of anilines is 1. The van der Waals surface area contributed by atoms with Gasteiger partial charge in [0.1, 0.15) is 17.3 Å². The summed E-state index contributed by atoms with van der Waals surface area (Å²) in [5.74, 6) is -0.773. The molecule has 1 aromatic heterocycles. The maximum absolute atomic E-state index is 13.6. The Labute approximate surface area is 234 Å². The number of aromatic hydroxyl groups is 1. The summed E-state index contributed by atoms with van der Waals surface area (Å²) < 4.78 is 17.4. The van der Waals surface area contributed by atoms with Crippen molar-refractivity contribution in [3.05, 3.63) is 77.4 Å². The molecule has 5 rings (SSSR count). The summed E-state index contributed by atoms with van der Waals surface area (Å²) in [6.45, 7) is 4.55. The second-order valence-corrected chi connectivity index (χ2v) is 10.0. The fourth-order valence-electron chi connectivity index (χ4n) is 4.55. The fourth-order valence-corrected chi connectivity index (χ4v) is 5.57. The van der Waals surface area contributed by atoms with Crippen LogP contribution in [-0.4, -0.2) is 47.2 Å². The number of ether oxygens (including phenoxy) is 3. The van der Waals surface area contributed by atoms with E-state index in [0.717, 1.165) is 11.1 Å². The van der Waals surface area contributed by atoms with Crippen LogP contribution in [0.15, 0.2) is 66.2 Å². The molecule has 10 heteroatoms. The van der Waals surface area contributed by atoms with E-state index in [-0.39, 0.29) is 28.0 Å². The Bertz CT molecular complexity index is 1630. The third-order valence-electron chi connectivity index (χ3n) is 6.41. The van der Waals surface area contributed by atoms with E-state index in [1.54, 1.807) is 68.6 Å². The first-order chi connectivity index (χ1) is 19.4. The van der Waals surface area contributed by atoms with E-state index >= 15 is 0 Å². The summed E-state index contributed by atoms with van der Waals surface area (Å²) in [7, 11) is 1.56. The number of carbonyl (C=O) groups is 2. The Morgan fingerprint density at radius 3 is 2.60 bits per heavy atom. The lowest BCUT2D eigenvalue weighted by Crippen LogP contribution is -2.29. The standard InChI is InChI=1S/C30H28N2O7S/c1-4-13-39-20-8-6-7-18(14-20)27(34)25-26(17-9-12-22(33)23(15-17)38-5-2)32(29(36)28(25)35)30-31-21-11-10-19(37-3)16-24(21)40-30/h6-12,14-16,26,33-34H,4-5,13H2,1-3H3. The van der Waals surface area contributed by atoms with Crippen LogP contribution in [0, 0.1) is 0 Å². The topological polar surface area (TPSA) is 118 Å². The molecule has 9 nitrogen and oxygen atoms in total. The van der Waals surface area contributed by atoms with Crippen molar-refractivity contribution < 1.29 is 34.0 Å². The SMILES string of the molecule is CCCOc1cccc(C(O)=C2C(=O)C(=O)N(c3nc4ccc(OC)cc4s3)C2c2ccc(O)c(OCC)c2)c1. The first-order valence-corrected chi connectivity index (χ1v) is 13.6. The molecule has 1 amide bonds. The zero-order valence-corrected chi connectivity index (χ0v) is 23.0. The lowest BCUT2D eigenvalue weighted by atomic mass is 9.95. The van der Waals surface area contributed by atoms with Crippen LogP contribution in [0.25, 0.3) is 16.0 Å². The van der Waals surface area contributed by atoms with Gasteiger partial charge in [-0.3, -0.25) is 14.5 Å². The lowest BCUT2D eigenvalue weighted by Gasteiger charge is -2.23. The number of phenols is 1. The van der Waals surface area contributed by atoms with Crippen molar-refractivity contribution in [3.8, 4) is 23.0 Å². The Hall–Kier alpha value is -4.57. The van der Waals surface area contributed by atoms with Crippen LogP contribution >= 0.6 is 11.3 Å². The Morgan fingerprint density at radius 1 is 1.02 bits per heavy atom. The number of aromatic nitrogens is 1. The first kappa shape index (κ1) is 27.0. The van der Waals surface area contributed by atoms with Crippen LogP contribution < -0.4 is 19.1 Å². The van der Waals surface area contributed by atoms with E-state index in [9.17, 15) is 19.8 Å². The average molecular weight is 561 g/mol. The molecule has 2 heterocycles. The van der Waals surface area contributed by atoms with Gasteiger partial charge in [-0.2, -0.15) is 0 Å². The summed E-state index contributed by atoms with van der Waals surface area (Å²) in [5, 5.41) is 22.1. The summed E-state index contributed by atoms with van der Waals surface area (Å²) in [4.78, 5) is 33.1. The minimum absolute atomic E-state index is 0.0876. The zero-order valence-electron chi connectivity index (χ0n) is 22.2. The quantitative estimate of drug-likeness (QED) is 0.149. The highest BCUT2D eigenvalue weighted by molar-refractivity contribution is 7.22. The molecule has 1 atom stereocenters. The van der Waals surface area contributed by atoms with Gasteiger partial charge in [-0.1, -0.05) is 36.5 Å². The maximum Gasteiger partial charge on any atom is 0.301 e. The summed E-state index contributed by atoms with van der Waals surface area (Å²) >= 11 is 1.22. The second-order valence-electron chi connectivity index (χ2n) is 9.04. The molecule has 0 saturated carbocycles. The molecule has 0 bridgehead atoms. The largest absolute Gasteiger partial charge is 0.507 e. The number of aliphatic hydroxyl groups is 1. The number of methoxy groups -OCH3 is 1. The number of thiazole rings is 1. The molecule has 4 aromatic rings. The molecule has 1 aliphatic heterocycles. The highest BCUT2D eigenvalue weighted by Gasteiger charge is 2.48. The number of nitrogens with zero attached hydrogens (tertiary/aromatic N) is 2. The summed E-state index contributed by atoms with van der Waals surface area (Å²) in [5.41, 5.74) is 1.30. The molecule has 0 radical (unpaired) electrons. The monoisotopic (exact) mass is 560 g/mol. The molecule has 0 aliphatic carbocycles. The van der Waals surface area contributed by atoms with E-state index in [1.807, 2.05) is 6.92 Å². The van der Waals surface area contributed by atoms with Crippen LogP contribution in [0.3, 0.4) is 0 Å². The van der Waals surface area contributed by atoms with E-state index in [1.165, 1.54) is 22.3 Å². The number of rotatable bonds is 9. The van der Waals surface area contributed by atoms with E-state index in [4.69, 9.17) is 14.2 Å². The van der Waals surface area contributed by atoms with Crippen molar-refractivity contribution in [2.24, 2.45) is 0 Å². The third-order valence-corrected chi connectivity index (χ3v) is 7.43. The van der Waals surface area contributed by atoms with Gasteiger partial charge in [0.25, 0.3) is 5.78 Å². The van der Waals surface area contributed by atoms with Gasteiger partial charge in [-0.25, -0.2) is 4.98 Å². The van der Waals surface area contributed by atoms with Crippen LogP contribution in [0.4, 0.5) is 5.13 Å². The molecular weight excluding hydrogens is 532 g/mol. The zero-order chi connectivity index (χ0) is 28.4. The summed E-state index contributed by atoms with van der Waals surface area (Å²) in [6.07, 6.45) is 0.804. The van der Waals surface area contributed by atoms with Crippen LogP contribution in [0.2, 0.25) is 0 Å². The first-order valence-electron chi connectivity index (χ1n) is 12.8. The van der Waals surface area contributed by atoms with Crippen molar-refractivity contribution in [3.63, 3.8) is 0 Å². The molecule has 3 aromatic carbocycles.